The van der Waals surface area contributed by atoms with E-state index in [-0.39, 0.29) is 21.7 Å². The van der Waals surface area contributed by atoms with E-state index >= 15 is 0 Å². The van der Waals surface area contributed by atoms with Crippen LogP contribution in [0.25, 0.3) is 11.1 Å². The number of pyridine rings is 1. The van der Waals surface area contributed by atoms with Crippen molar-refractivity contribution >= 4 is 24.2 Å². The number of nitrogens with zero attached hydrogens (tertiary/aromatic N) is 1. The highest BCUT2D eigenvalue weighted by Gasteiger charge is 2.30. The zero-order chi connectivity index (χ0) is 14.9. The summed E-state index contributed by atoms with van der Waals surface area (Å²) < 4.78 is 38.0. The first-order valence-corrected chi connectivity index (χ1v) is 5.86. The third-order valence-corrected chi connectivity index (χ3v) is 2.96. The van der Waals surface area contributed by atoms with Crippen molar-refractivity contribution < 1.29 is 23.2 Å². The molecule has 2 rings (SSSR count). The quantitative estimate of drug-likeness (QED) is 0.660. The smallest absolute Gasteiger partial charge is 0.423 e. The van der Waals surface area contributed by atoms with Crippen molar-refractivity contribution in [2.24, 2.45) is 0 Å². The third-order valence-electron chi connectivity index (χ3n) is 2.66. The summed E-state index contributed by atoms with van der Waals surface area (Å²) in [5.41, 5.74) is -0.383. The van der Waals surface area contributed by atoms with Gasteiger partial charge in [0.1, 0.15) is 5.15 Å². The van der Waals surface area contributed by atoms with Crippen molar-refractivity contribution in [1.29, 1.82) is 0 Å². The van der Waals surface area contributed by atoms with Crippen molar-refractivity contribution in [3.63, 3.8) is 0 Å². The molecule has 0 spiro atoms. The lowest BCUT2D eigenvalue weighted by Gasteiger charge is -2.10. The van der Waals surface area contributed by atoms with E-state index in [0.29, 0.717) is 0 Å². The molecule has 0 bridgehead atoms. The fourth-order valence-corrected chi connectivity index (χ4v) is 1.88. The first-order chi connectivity index (χ1) is 9.29. The van der Waals surface area contributed by atoms with Crippen LogP contribution < -0.4 is 5.46 Å². The Morgan fingerprint density at radius 3 is 2.45 bits per heavy atom. The number of halogens is 4. The van der Waals surface area contributed by atoms with Crippen LogP contribution in [-0.4, -0.2) is 22.2 Å². The van der Waals surface area contributed by atoms with Crippen LogP contribution in [0.3, 0.4) is 0 Å². The van der Waals surface area contributed by atoms with Gasteiger partial charge in [-0.3, -0.25) is 0 Å². The molecule has 1 aromatic heterocycles. The van der Waals surface area contributed by atoms with Crippen molar-refractivity contribution in [1.82, 2.24) is 4.98 Å². The Morgan fingerprint density at radius 1 is 1.15 bits per heavy atom. The van der Waals surface area contributed by atoms with Gasteiger partial charge in [-0.25, -0.2) is 4.98 Å². The normalized spacial score (nSPS) is 11.5. The highest BCUT2D eigenvalue weighted by atomic mass is 35.5. The van der Waals surface area contributed by atoms with Gasteiger partial charge in [-0.15, -0.1) is 0 Å². The number of rotatable bonds is 2. The lowest BCUT2D eigenvalue weighted by atomic mass is 9.80. The molecule has 0 atom stereocenters. The van der Waals surface area contributed by atoms with E-state index in [1.807, 2.05) is 0 Å². The second kappa shape index (κ2) is 5.44. The van der Waals surface area contributed by atoms with Gasteiger partial charge in [-0.1, -0.05) is 23.7 Å². The molecule has 0 aliphatic carbocycles. The predicted molar refractivity (Wildman–Crippen MR) is 69.5 cm³/mol. The van der Waals surface area contributed by atoms with E-state index in [2.05, 4.69) is 4.98 Å². The monoisotopic (exact) mass is 301 g/mol. The highest BCUT2D eigenvalue weighted by Crippen LogP contribution is 2.33. The molecule has 0 saturated carbocycles. The number of hydrogen-bond acceptors (Lipinski definition) is 3. The van der Waals surface area contributed by atoms with E-state index in [0.717, 1.165) is 18.3 Å². The summed E-state index contributed by atoms with van der Waals surface area (Å²) in [6, 6.07) is 5.84. The molecule has 0 unspecified atom stereocenters. The fraction of sp³-hybridized carbons (Fsp3) is 0.0833. The lowest BCUT2D eigenvalue weighted by Crippen LogP contribution is -2.30. The Balaban J connectivity index is 2.54. The molecule has 0 amide bonds. The van der Waals surface area contributed by atoms with Crippen LogP contribution in [0.15, 0.2) is 36.5 Å². The lowest BCUT2D eigenvalue weighted by molar-refractivity contribution is -0.137. The zero-order valence-corrected chi connectivity index (χ0v) is 10.7. The van der Waals surface area contributed by atoms with Gasteiger partial charge < -0.3 is 10.0 Å². The molecule has 1 heterocycles. The Kier molecular flexibility index (Phi) is 4.03. The maximum absolute atomic E-state index is 12.7. The summed E-state index contributed by atoms with van der Waals surface area (Å²) in [6.07, 6.45) is -3.33. The van der Waals surface area contributed by atoms with Gasteiger partial charge in [0.05, 0.1) is 5.56 Å². The zero-order valence-electron chi connectivity index (χ0n) is 9.89. The minimum atomic E-state index is -4.47. The second-order valence-corrected chi connectivity index (χ2v) is 4.42. The van der Waals surface area contributed by atoms with Crippen LogP contribution in [0.2, 0.25) is 5.15 Å². The summed E-state index contributed by atoms with van der Waals surface area (Å²) >= 11 is 5.85. The fourth-order valence-electron chi connectivity index (χ4n) is 1.67. The van der Waals surface area contributed by atoms with Gasteiger partial charge in [-0.2, -0.15) is 13.2 Å². The van der Waals surface area contributed by atoms with Gasteiger partial charge in [0.25, 0.3) is 0 Å². The molecular weight excluding hydrogens is 293 g/mol. The molecule has 0 aliphatic heterocycles. The first-order valence-electron chi connectivity index (χ1n) is 5.48. The molecule has 104 valence electrons. The third kappa shape index (κ3) is 3.12. The molecule has 0 saturated heterocycles. The van der Waals surface area contributed by atoms with Crippen LogP contribution in [0, 0.1) is 0 Å². The van der Waals surface area contributed by atoms with Crippen molar-refractivity contribution in [2.75, 3.05) is 0 Å². The molecule has 0 fully saturated rings. The Hall–Kier alpha value is -1.57. The van der Waals surface area contributed by atoms with E-state index in [4.69, 9.17) is 21.6 Å². The van der Waals surface area contributed by atoms with Crippen LogP contribution in [0.4, 0.5) is 13.2 Å². The molecule has 0 aliphatic rings. The van der Waals surface area contributed by atoms with Gasteiger partial charge in [0, 0.05) is 17.2 Å². The number of alkyl halides is 3. The Morgan fingerprint density at radius 2 is 1.85 bits per heavy atom. The molecule has 2 aromatic rings. The minimum Gasteiger partial charge on any atom is -0.423 e. The van der Waals surface area contributed by atoms with E-state index in [1.54, 1.807) is 0 Å². The van der Waals surface area contributed by atoms with Gasteiger partial charge in [-0.05, 0) is 23.8 Å². The molecule has 8 heteroatoms. The van der Waals surface area contributed by atoms with Gasteiger partial charge in [0.15, 0.2) is 0 Å². The molecule has 20 heavy (non-hydrogen) atoms. The minimum absolute atomic E-state index is 0.0197. The number of hydrogen-bond donors (Lipinski definition) is 2. The second-order valence-electron chi connectivity index (χ2n) is 4.06. The summed E-state index contributed by atoms with van der Waals surface area (Å²) in [4.78, 5) is 3.73. The van der Waals surface area contributed by atoms with Crippen LogP contribution in [-0.2, 0) is 6.18 Å². The maximum atomic E-state index is 12.7. The molecular formula is C12H8BClF3NO2. The average Bonchev–Trinajstić information content (AvgIpc) is 2.38. The predicted octanol–water partition coefficient (Wildman–Crippen LogP) is 2.10. The maximum Gasteiger partial charge on any atom is 0.490 e. The largest absolute Gasteiger partial charge is 0.490 e. The molecule has 1 aromatic carbocycles. The van der Waals surface area contributed by atoms with E-state index in [9.17, 15) is 13.2 Å². The number of benzene rings is 1. The Bertz CT molecular complexity index is 634. The van der Waals surface area contributed by atoms with Crippen molar-refractivity contribution in [2.45, 2.75) is 6.18 Å². The molecule has 2 N–H and O–H groups in total. The van der Waals surface area contributed by atoms with Crippen molar-refractivity contribution in [3.05, 3.63) is 47.2 Å². The topological polar surface area (TPSA) is 53.4 Å². The molecule has 0 radical (unpaired) electrons. The first kappa shape index (κ1) is 14.8. The Labute approximate surface area is 117 Å². The van der Waals surface area contributed by atoms with Crippen LogP contribution in [0.1, 0.15) is 5.56 Å². The highest BCUT2D eigenvalue weighted by molar-refractivity contribution is 6.58. The average molecular weight is 301 g/mol. The van der Waals surface area contributed by atoms with E-state index < -0.39 is 18.9 Å². The van der Waals surface area contributed by atoms with Crippen LogP contribution in [0.5, 0.6) is 0 Å². The van der Waals surface area contributed by atoms with Gasteiger partial charge >= 0.3 is 13.3 Å². The van der Waals surface area contributed by atoms with Crippen LogP contribution >= 0.6 is 11.6 Å². The summed E-state index contributed by atoms with van der Waals surface area (Å²) in [5.74, 6) is 0. The summed E-state index contributed by atoms with van der Waals surface area (Å²) in [6.45, 7) is 0. The summed E-state index contributed by atoms with van der Waals surface area (Å²) in [5, 5.41) is 18.1. The SMILES string of the molecule is OB(O)c1cnc(Cl)c(-c2cccc(C(F)(F)F)c2)c1. The number of aromatic nitrogens is 1. The van der Waals surface area contributed by atoms with Crippen molar-refractivity contribution in [3.8, 4) is 11.1 Å². The summed E-state index contributed by atoms with van der Waals surface area (Å²) in [7, 11) is -1.77. The standard InChI is InChI=1S/C12H8BClF3NO2/c14-11-10(5-9(6-18-11)13(19)20)7-2-1-3-8(4-7)12(15,16)17/h1-6,19-20H. The van der Waals surface area contributed by atoms with Gasteiger partial charge in [0.2, 0.25) is 0 Å². The van der Waals surface area contributed by atoms with E-state index in [1.165, 1.54) is 18.2 Å². The molecule has 3 nitrogen and oxygen atoms in total.